The summed E-state index contributed by atoms with van der Waals surface area (Å²) < 4.78 is 2.00. The van der Waals surface area contributed by atoms with Crippen molar-refractivity contribution >= 4 is 23.9 Å². The molecule has 1 amide bonds. The van der Waals surface area contributed by atoms with Crippen LogP contribution in [0.1, 0.15) is 37.5 Å². The summed E-state index contributed by atoms with van der Waals surface area (Å²) in [6, 6.07) is 26.2. The fourth-order valence-electron chi connectivity index (χ4n) is 3.48. The number of amides is 1. The van der Waals surface area contributed by atoms with Crippen molar-refractivity contribution in [2.24, 2.45) is 5.10 Å². The summed E-state index contributed by atoms with van der Waals surface area (Å²) >= 11 is 1.33. The summed E-state index contributed by atoms with van der Waals surface area (Å²) in [6.45, 7) is 8.64. The molecule has 1 N–H and O–H groups in total. The minimum absolute atomic E-state index is 0.0700. The van der Waals surface area contributed by atoms with Crippen molar-refractivity contribution in [1.29, 1.82) is 0 Å². The molecule has 178 valence electrons. The third kappa shape index (κ3) is 6.25. The normalized spacial score (nSPS) is 11.7. The highest BCUT2D eigenvalue weighted by Gasteiger charge is 2.19. The quantitative estimate of drug-likeness (QED) is 0.205. The Morgan fingerprint density at radius 3 is 2.31 bits per heavy atom. The molecule has 0 saturated heterocycles. The molecule has 35 heavy (non-hydrogen) atoms. The fraction of sp³-hybridized carbons (Fsp3) is 0.214. The summed E-state index contributed by atoms with van der Waals surface area (Å²) in [5, 5.41) is 13.6. The zero-order valence-corrected chi connectivity index (χ0v) is 21.2. The zero-order chi connectivity index (χ0) is 24.8. The number of carbonyl (C=O) groups excluding carboxylic acids is 1. The molecule has 0 aliphatic carbocycles. The number of aryl methyl sites for hydroxylation is 1. The molecule has 1 aromatic heterocycles. The van der Waals surface area contributed by atoms with E-state index in [9.17, 15) is 4.79 Å². The Morgan fingerprint density at radius 2 is 1.66 bits per heavy atom. The van der Waals surface area contributed by atoms with Crippen LogP contribution in [0.2, 0.25) is 0 Å². The number of hydrogen-bond acceptors (Lipinski definition) is 5. The molecule has 6 nitrogen and oxygen atoms in total. The molecule has 0 radical (unpaired) electrons. The minimum atomic E-state index is -0.211. The predicted octanol–water partition coefficient (Wildman–Crippen LogP) is 5.78. The maximum absolute atomic E-state index is 12.4. The largest absolute Gasteiger partial charge is 0.272 e. The van der Waals surface area contributed by atoms with Crippen molar-refractivity contribution in [3.63, 3.8) is 0 Å². The lowest BCUT2D eigenvalue weighted by atomic mass is 9.87. The third-order valence-electron chi connectivity index (χ3n) is 5.47. The molecule has 0 fully saturated rings. The number of benzene rings is 3. The number of aromatic nitrogens is 3. The van der Waals surface area contributed by atoms with E-state index in [2.05, 4.69) is 84.8 Å². The minimum Gasteiger partial charge on any atom is -0.272 e. The van der Waals surface area contributed by atoms with Gasteiger partial charge in [0.15, 0.2) is 11.0 Å². The van der Waals surface area contributed by atoms with Crippen LogP contribution in [0.4, 0.5) is 0 Å². The Hall–Kier alpha value is -3.71. The molecule has 0 bridgehead atoms. The van der Waals surface area contributed by atoms with Gasteiger partial charge in [-0.1, -0.05) is 105 Å². The van der Waals surface area contributed by atoms with E-state index < -0.39 is 0 Å². The van der Waals surface area contributed by atoms with Gasteiger partial charge in [0.05, 0.1) is 12.0 Å². The first-order valence-corrected chi connectivity index (χ1v) is 12.4. The maximum atomic E-state index is 12.4. The molecule has 0 aliphatic rings. The van der Waals surface area contributed by atoms with Gasteiger partial charge >= 0.3 is 0 Å². The van der Waals surface area contributed by atoms with Crippen LogP contribution < -0.4 is 5.43 Å². The van der Waals surface area contributed by atoms with Crippen LogP contribution in [-0.2, 0) is 10.2 Å². The monoisotopic (exact) mass is 483 g/mol. The molecule has 7 heteroatoms. The first kappa shape index (κ1) is 24.4. The van der Waals surface area contributed by atoms with E-state index in [0.29, 0.717) is 5.16 Å². The van der Waals surface area contributed by atoms with Crippen molar-refractivity contribution in [3.8, 4) is 17.1 Å². The average Bonchev–Trinajstić information content (AvgIpc) is 3.27. The lowest BCUT2D eigenvalue weighted by molar-refractivity contribution is -0.118. The van der Waals surface area contributed by atoms with E-state index >= 15 is 0 Å². The van der Waals surface area contributed by atoms with E-state index in [1.54, 1.807) is 6.21 Å². The number of hydrazone groups is 1. The maximum Gasteiger partial charge on any atom is 0.250 e. The molecule has 0 saturated carbocycles. The van der Waals surface area contributed by atoms with E-state index in [0.717, 1.165) is 22.6 Å². The molecule has 0 unspecified atom stereocenters. The predicted molar refractivity (Wildman–Crippen MR) is 143 cm³/mol. The van der Waals surface area contributed by atoms with Gasteiger partial charge in [0.1, 0.15) is 0 Å². The Labute approximate surface area is 210 Å². The van der Waals surface area contributed by atoms with Gasteiger partial charge in [0.2, 0.25) is 0 Å². The van der Waals surface area contributed by atoms with Crippen molar-refractivity contribution < 1.29 is 4.79 Å². The molecule has 3 aromatic carbocycles. The first-order valence-electron chi connectivity index (χ1n) is 11.4. The molecule has 0 spiro atoms. The van der Waals surface area contributed by atoms with Crippen LogP contribution in [0.3, 0.4) is 0 Å². The Bertz CT molecular complexity index is 1300. The van der Waals surface area contributed by atoms with Crippen molar-refractivity contribution in [1.82, 2.24) is 20.2 Å². The van der Waals surface area contributed by atoms with Gasteiger partial charge in [-0.3, -0.25) is 9.36 Å². The van der Waals surface area contributed by atoms with E-state index in [1.165, 1.54) is 22.9 Å². The van der Waals surface area contributed by atoms with Crippen LogP contribution in [0, 0.1) is 6.92 Å². The highest BCUT2D eigenvalue weighted by atomic mass is 32.2. The molecular formula is C28H29N5OS. The number of nitrogens with one attached hydrogen (secondary N) is 1. The van der Waals surface area contributed by atoms with E-state index in [4.69, 9.17) is 0 Å². The standard InChI is InChI=1S/C28H29N5OS/c1-20-10-16-24(17-11-20)33-26(22-12-14-23(15-13-22)28(2,3)4)31-32-27(33)35-19-25(34)30-29-18-21-8-6-5-7-9-21/h5-18H,19H2,1-4H3,(H,30,34)/b29-18-. The lowest BCUT2D eigenvalue weighted by Crippen LogP contribution is -2.20. The molecular weight excluding hydrogens is 454 g/mol. The van der Waals surface area contributed by atoms with Gasteiger partial charge in [-0.05, 0) is 35.6 Å². The summed E-state index contributed by atoms with van der Waals surface area (Å²) in [6.07, 6.45) is 1.62. The second-order valence-electron chi connectivity index (χ2n) is 9.30. The highest BCUT2D eigenvalue weighted by molar-refractivity contribution is 7.99. The summed E-state index contributed by atoms with van der Waals surface area (Å²) in [7, 11) is 0. The van der Waals surface area contributed by atoms with Crippen LogP contribution in [-0.4, -0.2) is 32.6 Å². The van der Waals surface area contributed by atoms with E-state index in [1.807, 2.05) is 47.0 Å². The first-order chi connectivity index (χ1) is 16.8. The molecule has 0 aliphatic heterocycles. The Balaban J connectivity index is 1.55. The second-order valence-corrected chi connectivity index (χ2v) is 10.2. The summed E-state index contributed by atoms with van der Waals surface area (Å²) in [5.74, 6) is 0.690. The third-order valence-corrected chi connectivity index (χ3v) is 6.40. The number of nitrogens with zero attached hydrogens (tertiary/aromatic N) is 4. The average molecular weight is 484 g/mol. The Morgan fingerprint density at radius 1 is 0.971 bits per heavy atom. The highest BCUT2D eigenvalue weighted by Crippen LogP contribution is 2.30. The van der Waals surface area contributed by atoms with Crippen molar-refractivity contribution in [3.05, 3.63) is 95.6 Å². The SMILES string of the molecule is Cc1ccc(-n2c(SCC(=O)N/N=C\c3ccccc3)nnc2-c2ccc(C(C)(C)C)cc2)cc1. The van der Waals surface area contributed by atoms with Crippen LogP contribution in [0.15, 0.2) is 89.1 Å². The second kappa shape index (κ2) is 10.7. The fourth-order valence-corrected chi connectivity index (χ4v) is 4.22. The van der Waals surface area contributed by atoms with E-state index in [-0.39, 0.29) is 17.1 Å². The summed E-state index contributed by atoms with van der Waals surface area (Å²) in [5.41, 5.74) is 7.90. The van der Waals surface area contributed by atoms with Gasteiger partial charge in [-0.25, -0.2) is 5.43 Å². The van der Waals surface area contributed by atoms with Gasteiger partial charge < -0.3 is 0 Å². The van der Waals surface area contributed by atoms with Gasteiger partial charge in [0.25, 0.3) is 5.91 Å². The topological polar surface area (TPSA) is 72.2 Å². The summed E-state index contributed by atoms with van der Waals surface area (Å²) in [4.78, 5) is 12.4. The number of hydrogen-bond donors (Lipinski definition) is 1. The van der Waals surface area contributed by atoms with Crippen LogP contribution in [0.5, 0.6) is 0 Å². The number of rotatable bonds is 7. The van der Waals surface area contributed by atoms with Gasteiger partial charge in [-0.2, -0.15) is 5.10 Å². The number of carbonyl (C=O) groups is 1. The lowest BCUT2D eigenvalue weighted by Gasteiger charge is -2.19. The van der Waals surface area contributed by atoms with Crippen molar-refractivity contribution in [2.45, 2.75) is 38.3 Å². The smallest absolute Gasteiger partial charge is 0.250 e. The van der Waals surface area contributed by atoms with Crippen LogP contribution in [0.25, 0.3) is 17.1 Å². The van der Waals surface area contributed by atoms with Crippen LogP contribution >= 0.6 is 11.8 Å². The van der Waals surface area contributed by atoms with Gasteiger partial charge in [-0.15, -0.1) is 10.2 Å². The van der Waals surface area contributed by atoms with Crippen molar-refractivity contribution in [2.75, 3.05) is 5.75 Å². The van der Waals surface area contributed by atoms with Gasteiger partial charge in [0, 0.05) is 11.3 Å². The molecule has 4 aromatic rings. The molecule has 4 rings (SSSR count). The number of thioether (sulfide) groups is 1. The zero-order valence-electron chi connectivity index (χ0n) is 20.4. The molecule has 0 atom stereocenters. The molecule has 1 heterocycles. The Kier molecular flexibility index (Phi) is 7.46.